The van der Waals surface area contributed by atoms with Gasteiger partial charge in [-0.05, 0) is 36.2 Å². The standard InChI is InChI=1S/C9H10BrN3OS/c10-8-2-4-9(5-3-8)15(14)7-1-6-12-13-11/h2-5H,1,6-7H2. The average Bonchev–Trinajstić information content (AvgIpc) is 2.25. The fourth-order valence-corrected chi connectivity index (χ4v) is 2.35. The van der Waals surface area contributed by atoms with E-state index in [4.69, 9.17) is 5.53 Å². The Morgan fingerprint density at radius 1 is 1.40 bits per heavy atom. The van der Waals surface area contributed by atoms with Crippen LogP contribution in [-0.4, -0.2) is 16.5 Å². The predicted molar refractivity (Wildman–Crippen MR) is 64.0 cm³/mol. The predicted octanol–water partition coefficient (Wildman–Crippen LogP) is 3.26. The molecular weight excluding hydrogens is 278 g/mol. The van der Waals surface area contributed by atoms with Gasteiger partial charge in [0.15, 0.2) is 0 Å². The van der Waals surface area contributed by atoms with Crippen LogP contribution in [0.3, 0.4) is 0 Å². The van der Waals surface area contributed by atoms with Crippen molar-refractivity contribution < 1.29 is 4.21 Å². The third kappa shape index (κ3) is 4.46. The van der Waals surface area contributed by atoms with Gasteiger partial charge in [0, 0.05) is 26.6 Å². The van der Waals surface area contributed by atoms with Crippen LogP contribution >= 0.6 is 15.9 Å². The molecule has 0 amide bonds. The number of hydrogen-bond donors (Lipinski definition) is 0. The van der Waals surface area contributed by atoms with Crippen molar-refractivity contribution >= 4 is 26.7 Å². The minimum Gasteiger partial charge on any atom is -0.254 e. The lowest BCUT2D eigenvalue weighted by molar-refractivity contribution is 0.680. The third-order valence-corrected chi connectivity index (χ3v) is 3.71. The third-order valence-electron chi connectivity index (χ3n) is 1.73. The Morgan fingerprint density at radius 3 is 2.67 bits per heavy atom. The molecule has 0 aliphatic rings. The molecule has 1 atom stereocenters. The SMILES string of the molecule is [N-]=[N+]=NCCCS(=O)c1ccc(Br)cc1. The molecule has 6 heteroatoms. The van der Waals surface area contributed by atoms with E-state index in [9.17, 15) is 4.21 Å². The molecule has 1 unspecified atom stereocenters. The van der Waals surface area contributed by atoms with Crippen LogP contribution in [0.15, 0.2) is 38.7 Å². The summed E-state index contributed by atoms with van der Waals surface area (Å²) in [4.78, 5) is 3.44. The van der Waals surface area contributed by atoms with Crippen LogP contribution in [0.4, 0.5) is 0 Å². The molecule has 80 valence electrons. The summed E-state index contributed by atoms with van der Waals surface area (Å²) in [5, 5.41) is 3.39. The molecule has 0 spiro atoms. The van der Waals surface area contributed by atoms with E-state index < -0.39 is 10.8 Å². The van der Waals surface area contributed by atoms with Crippen LogP contribution in [0.25, 0.3) is 10.4 Å². The van der Waals surface area contributed by atoms with Crippen LogP contribution in [0.2, 0.25) is 0 Å². The molecule has 15 heavy (non-hydrogen) atoms. The molecule has 1 aromatic carbocycles. The zero-order valence-electron chi connectivity index (χ0n) is 7.97. The summed E-state index contributed by atoms with van der Waals surface area (Å²) in [6.07, 6.45) is 0.646. The Morgan fingerprint density at radius 2 is 2.07 bits per heavy atom. The molecule has 0 saturated carbocycles. The molecule has 0 N–H and O–H groups in total. The van der Waals surface area contributed by atoms with Crippen molar-refractivity contribution in [2.45, 2.75) is 11.3 Å². The number of benzene rings is 1. The number of rotatable bonds is 5. The summed E-state index contributed by atoms with van der Waals surface area (Å²) in [5.74, 6) is 0.528. The maximum Gasteiger partial charge on any atom is 0.0529 e. The lowest BCUT2D eigenvalue weighted by atomic mass is 10.4. The van der Waals surface area contributed by atoms with Gasteiger partial charge in [-0.1, -0.05) is 21.0 Å². The highest BCUT2D eigenvalue weighted by Gasteiger charge is 2.02. The van der Waals surface area contributed by atoms with E-state index in [1.807, 2.05) is 24.3 Å². The summed E-state index contributed by atoms with van der Waals surface area (Å²) >= 11 is 3.31. The normalized spacial score (nSPS) is 11.8. The molecule has 0 radical (unpaired) electrons. The van der Waals surface area contributed by atoms with Gasteiger partial charge in [-0.3, -0.25) is 4.21 Å². The van der Waals surface area contributed by atoms with E-state index in [0.717, 1.165) is 9.37 Å². The van der Waals surface area contributed by atoms with Crippen LogP contribution in [0, 0.1) is 0 Å². The highest BCUT2D eigenvalue weighted by molar-refractivity contribution is 9.10. The lowest BCUT2D eigenvalue weighted by Gasteiger charge is -2.00. The number of halogens is 1. The van der Waals surface area contributed by atoms with Gasteiger partial charge in [0.2, 0.25) is 0 Å². The first-order valence-corrected chi connectivity index (χ1v) is 6.50. The summed E-state index contributed by atoms with van der Waals surface area (Å²) < 4.78 is 12.6. The minimum absolute atomic E-state index is 0.402. The van der Waals surface area contributed by atoms with E-state index in [2.05, 4.69) is 26.0 Å². The zero-order valence-corrected chi connectivity index (χ0v) is 10.4. The monoisotopic (exact) mass is 287 g/mol. The molecular formula is C9H10BrN3OS. The second-order valence-electron chi connectivity index (χ2n) is 2.81. The first kappa shape index (κ1) is 12.2. The van der Waals surface area contributed by atoms with Gasteiger partial charge in [0.1, 0.15) is 0 Å². The quantitative estimate of drug-likeness (QED) is 0.355. The fraction of sp³-hybridized carbons (Fsp3) is 0.333. The molecule has 4 nitrogen and oxygen atoms in total. The first-order valence-electron chi connectivity index (χ1n) is 4.39. The summed E-state index contributed by atoms with van der Waals surface area (Å²) in [6.45, 7) is 0.402. The zero-order chi connectivity index (χ0) is 11.1. The summed E-state index contributed by atoms with van der Waals surface area (Å²) in [6, 6.07) is 7.38. The Hall–Kier alpha value is -0.840. The van der Waals surface area contributed by atoms with Crippen LogP contribution < -0.4 is 0 Å². The highest BCUT2D eigenvalue weighted by atomic mass is 79.9. The lowest BCUT2D eigenvalue weighted by Crippen LogP contribution is -1.99. The van der Waals surface area contributed by atoms with Crippen molar-refractivity contribution in [3.63, 3.8) is 0 Å². The minimum atomic E-state index is -0.999. The molecule has 1 rings (SSSR count). The molecule has 0 fully saturated rings. The van der Waals surface area contributed by atoms with Crippen molar-refractivity contribution in [1.29, 1.82) is 0 Å². The summed E-state index contributed by atoms with van der Waals surface area (Å²) in [7, 11) is -0.999. The Bertz CT molecular complexity index is 387. The van der Waals surface area contributed by atoms with Gasteiger partial charge in [0.25, 0.3) is 0 Å². The van der Waals surface area contributed by atoms with Gasteiger partial charge in [-0.15, -0.1) is 0 Å². The smallest absolute Gasteiger partial charge is 0.0529 e. The van der Waals surface area contributed by atoms with Gasteiger partial charge in [-0.25, -0.2) is 0 Å². The van der Waals surface area contributed by atoms with E-state index in [-0.39, 0.29) is 0 Å². The van der Waals surface area contributed by atoms with Crippen molar-refractivity contribution in [1.82, 2.24) is 0 Å². The fourth-order valence-electron chi connectivity index (χ4n) is 1.02. The Labute approximate surface area is 98.9 Å². The molecule has 0 saturated heterocycles. The second kappa shape index (κ2) is 6.61. The number of azide groups is 1. The maximum atomic E-state index is 11.7. The number of nitrogens with zero attached hydrogens (tertiary/aromatic N) is 3. The number of hydrogen-bond acceptors (Lipinski definition) is 2. The molecule has 0 aliphatic carbocycles. The van der Waals surface area contributed by atoms with Crippen molar-refractivity contribution in [3.05, 3.63) is 39.2 Å². The average molecular weight is 288 g/mol. The summed E-state index contributed by atoms with van der Waals surface area (Å²) in [5.41, 5.74) is 8.06. The van der Waals surface area contributed by atoms with Crippen molar-refractivity contribution in [3.8, 4) is 0 Å². The Balaban J connectivity index is 2.46. The molecule has 0 heterocycles. The van der Waals surface area contributed by atoms with Gasteiger partial charge < -0.3 is 0 Å². The maximum absolute atomic E-state index is 11.7. The van der Waals surface area contributed by atoms with E-state index >= 15 is 0 Å². The van der Waals surface area contributed by atoms with E-state index in [1.165, 1.54) is 0 Å². The van der Waals surface area contributed by atoms with E-state index in [0.29, 0.717) is 18.7 Å². The molecule has 1 aromatic rings. The second-order valence-corrected chi connectivity index (χ2v) is 5.30. The molecule has 0 aliphatic heterocycles. The van der Waals surface area contributed by atoms with Crippen LogP contribution in [0.5, 0.6) is 0 Å². The topological polar surface area (TPSA) is 65.8 Å². The van der Waals surface area contributed by atoms with E-state index in [1.54, 1.807) is 0 Å². The largest absolute Gasteiger partial charge is 0.254 e. The first-order chi connectivity index (χ1) is 7.24. The van der Waals surface area contributed by atoms with Gasteiger partial charge in [0.05, 0.1) is 10.8 Å². The molecule has 0 bridgehead atoms. The van der Waals surface area contributed by atoms with Gasteiger partial charge in [-0.2, -0.15) is 0 Å². The van der Waals surface area contributed by atoms with Crippen molar-refractivity contribution in [2.24, 2.45) is 5.11 Å². The van der Waals surface area contributed by atoms with Crippen LogP contribution in [-0.2, 0) is 10.8 Å². The van der Waals surface area contributed by atoms with Crippen molar-refractivity contribution in [2.75, 3.05) is 12.3 Å². The van der Waals surface area contributed by atoms with Crippen LogP contribution in [0.1, 0.15) is 6.42 Å². The highest BCUT2D eigenvalue weighted by Crippen LogP contribution is 2.13. The molecule has 0 aromatic heterocycles. The Kier molecular flexibility index (Phi) is 5.39. The van der Waals surface area contributed by atoms with Gasteiger partial charge >= 0.3 is 0 Å².